The van der Waals surface area contributed by atoms with Gasteiger partial charge in [-0.2, -0.15) is 0 Å². The van der Waals surface area contributed by atoms with E-state index >= 15 is 0 Å². The van der Waals surface area contributed by atoms with Crippen LogP contribution in [0, 0.1) is 3.57 Å². The molecule has 1 aliphatic rings. The van der Waals surface area contributed by atoms with E-state index in [0.717, 1.165) is 41.3 Å². The number of anilines is 1. The molecule has 9 nitrogen and oxygen atoms in total. The van der Waals surface area contributed by atoms with Crippen molar-refractivity contribution in [1.82, 2.24) is 20.1 Å². The van der Waals surface area contributed by atoms with Crippen molar-refractivity contribution in [3.05, 3.63) is 73.8 Å². The van der Waals surface area contributed by atoms with Crippen LogP contribution in [0.3, 0.4) is 0 Å². The number of likely N-dealkylation sites (tertiary alicyclic amines) is 1. The first kappa shape index (κ1) is 27.6. The average molecular weight is 605 g/mol. The number of halogens is 1. The second kappa shape index (κ2) is 12.3. The number of carbonyl (C=O) groups excluding carboxylic acids is 1. The molecule has 36 heavy (non-hydrogen) atoms. The minimum absolute atomic E-state index is 0.0452. The van der Waals surface area contributed by atoms with Gasteiger partial charge in [-0.3, -0.25) is 14.5 Å². The van der Waals surface area contributed by atoms with Gasteiger partial charge in [0.15, 0.2) is 0 Å². The predicted molar refractivity (Wildman–Crippen MR) is 151 cm³/mol. The molecule has 0 atom stereocenters. The highest BCUT2D eigenvalue weighted by Gasteiger charge is 2.22. The average Bonchev–Trinajstić information content (AvgIpc) is 2.84. The lowest BCUT2D eigenvalue weighted by molar-refractivity contribution is -0.131. The van der Waals surface area contributed by atoms with Gasteiger partial charge in [0.1, 0.15) is 5.56 Å². The number of piperidine rings is 1. The number of aromatic amines is 1. The van der Waals surface area contributed by atoms with Crippen LogP contribution in [-0.2, 0) is 4.79 Å². The number of allylic oxidation sites excluding steroid dienone is 1. The van der Waals surface area contributed by atoms with Crippen molar-refractivity contribution in [2.24, 2.45) is 0 Å². The van der Waals surface area contributed by atoms with Crippen LogP contribution < -0.4 is 16.2 Å². The number of aliphatic carboxylic acids is 1. The van der Waals surface area contributed by atoms with Crippen LogP contribution in [0.25, 0.3) is 10.9 Å². The number of carbonyl (C=O) groups is 2. The number of carboxylic acids is 1. The van der Waals surface area contributed by atoms with Crippen LogP contribution in [-0.4, -0.2) is 78.6 Å². The van der Waals surface area contributed by atoms with Gasteiger partial charge in [0, 0.05) is 40.4 Å². The molecule has 1 saturated heterocycles. The first-order valence-corrected chi connectivity index (χ1v) is 12.7. The maximum Gasteiger partial charge on any atom is 0.328 e. The highest BCUT2D eigenvalue weighted by molar-refractivity contribution is 14.1. The Morgan fingerprint density at radius 1 is 1.28 bits per heavy atom. The Hall–Kier alpha value is -2.96. The number of amides is 1. The number of H-pyrrole nitrogens is 1. The van der Waals surface area contributed by atoms with Gasteiger partial charge in [-0.1, -0.05) is 6.58 Å². The molecule has 1 fully saturated rings. The first-order valence-electron chi connectivity index (χ1n) is 11.6. The van der Waals surface area contributed by atoms with E-state index in [9.17, 15) is 19.5 Å². The van der Waals surface area contributed by atoms with Crippen molar-refractivity contribution in [2.45, 2.75) is 18.9 Å². The number of hydrogen-bond acceptors (Lipinski definition) is 6. The first-order chi connectivity index (χ1) is 17.1. The minimum Gasteiger partial charge on any atom is -0.478 e. The molecule has 4 N–H and O–H groups in total. The highest BCUT2D eigenvalue weighted by Crippen LogP contribution is 2.24. The van der Waals surface area contributed by atoms with Gasteiger partial charge in [-0.05, 0) is 98.5 Å². The van der Waals surface area contributed by atoms with E-state index in [2.05, 4.69) is 61.6 Å². The van der Waals surface area contributed by atoms with E-state index in [1.807, 2.05) is 19.2 Å². The number of nitrogens with zero attached hydrogens (tertiary/aromatic N) is 2. The Kier molecular flexibility index (Phi) is 9.46. The maximum absolute atomic E-state index is 13.2. The SMILES string of the molecule is C=C/C(NC(=O)c1cc2cc(I)cc(NC)c2[nH]c1=O)=C(\C=C\C(=O)O)CN(C)C1CCN(C)CC1. The lowest BCUT2D eigenvalue weighted by atomic mass is 10.0. The van der Waals surface area contributed by atoms with Crippen LogP contribution in [0.4, 0.5) is 5.69 Å². The Labute approximate surface area is 224 Å². The third-order valence-electron chi connectivity index (χ3n) is 6.39. The van der Waals surface area contributed by atoms with E-state index in [4.69, 9.17) is 0 Å². The number of aromatic nitrogens is 1. The molecule has 0 aliphatic carbocycles. The zero-order valence-electron chi connectivity index (χ0n) is 20.7. The molecule has 0 bridgehead atoms. The summed E-state index contributed by atoms with van der Waals surface area (Å²) in [5.41, 5.74) is 1.75. The van der Waals surface area contributed by atoms with Gasteiger partial charge in [0.05, 0.1) is 11.2 Å². The van der Waals surface area contributed by atoms with Crippen molar-refractivity contribution < 1.29 is 14.7 Å². The quantitative estimate of drug-likeness (QED) is 0.197. The van der Waals surface area contributed by atoms with Gasteiger partial charge in [-0.15, -0.1) is 0 Å². The Bertz CT molecular complexity index is 1280. The maximum atomic E-state index is 13.2. The number of benzene rings is 1. The number of pyridine rings is 1. The predicted octanol–water partition coefficient (Wildman–Crippen LogP) is 3.01. The second-order valence-corrected chi connectivity index (χ2v) is 10.1. The van der Waals surface area contributed by atoms with Crippen LogP contribution in [0.5, 0.6) is 0 Å². The standard InChI is InChI=1S/C26H32IN5O4/c1-5-21(16(6-7-23(33)34)15-32(4)19-8-10-31(3)11-9-19)29-25(35)20-13-17-12-18(27)14-22(28-2)24(17)30-26(20)36/h5-7,12-14,19,28H,1,8-11,15H2,2-4H3,(H,29,35)(H,30,36)(H,33,34)/b7-6+,21-16-. The summed E-state index contributed by atoms with van der Waals surface area (Å²) in [4.78, 5) is 44.5. The summed E-state index contributed by atoms with van der Waals surface area (Å²) in [6.45, 7) is 6.21. The number of carboxylic acid groups (broad SMARTS) is 1. The number of hydrogen-bond donors (Lipinski definition) is 4. The summed E-state index contributed by atoms with van der Waals surface area (Å²) in [5, 5.41) is 15.7. The number of rotatable bonds is 9. The minimum atomic E-state index is -1.09. The molecule has 1 aromatic carbocycles. The number of nitrogens with one attached hydrogen (secondary N) is 3. The van der Waals surface area contributed by atoms with E-state index in [1.54, 1.807) is 13.1 Å². The molecule has 0 radical (unpaired) electrons. The van der Waals surface area contributed by atoms with E-state index < -0.39 is 17.4 Å². The smallest absolute Gasteiger partial charge is 0.328 e. The summed E-state index contributed by atoms with van der Waals surface area (Å²) in [6.07, 6.45) is 5.98. The monoisotopic (exact) mass is 605 g/mol. The fraction of sp³-hybridized carbons (Fsp3) is 0.346. The number of fused-ring (bicyclic) bond motifs is 1. The topological polar surface area (TPSA) is 118 Å². The molecular formula is C26H32IN5O4. The van der Waals surface area contributed by atoms with E-state index in [-0.39, 0.29) is 5.56 Å². The molecular weight excluding hydrogens is 573 g/mol. The fourth-order valence-corrected chi connectivity index (χ4v) is 4.98. The third kappa shape index (κ3) is 6.83. The Balaban J connectivity index is 1.93. The normalized spacial score (nSPS) is 15.8. The second-order valence-electron chi connectivity index (χ2n) is 8.90. The van der Waals surface area contributed by atoms with E-state index in [0.29, 0.717) is 34.8 Å². The van der Waals surface area contributed by atoms with Gasteiger partial charge in [-0.25, -0.2) is 4.79 Å². The third-order valence-corrected chi connectivity index (χ3v) is 7.01. The molecule has 0 spiro atoms. The van der Waals surface area contributed by atoms with Crippen molar-refractivity contribution in [1.29, 1.82) is 0 Å². The van der Waals surface area contributed by atoms with Crippen molar-refractivity contribution in [2.75, 3.05) is 46.1 Å². The lowest BCUT2D eigenvalue weighted by Gasteiger charge is -2.35. The van der Waals surface area contributed by atoms with Gasteiger partial charge < -0.3 is 25.6 Å². The highest BCUT2D eigenvalue weighted by atomic mass is 127. The van der Waals surface area contributed by atoms with Crippen LogP contribution in [0.15, 0.2) is 59.1 Å². The van der Waals surface area contributed by atoms with E-state index in [1.165, 1.54) is 12.2 Å². The Morgan fingerprint density at radius 2 is 1.97 bits per heavy atom. The van der Waals surface area contributed by atoms with Crippen LogP contribution in [0.1, 0.15) is 23.2 Å². The van der Waals surface area contributed by atoms with Crippen molar-refractivity contribution >= 4 is 51.1 Å². The summed E-state index contributed by atoms with van der Waals surface area (Å²) < 4.78 is 0.951. The van der Waals surface area contributed by atoms with Gasteiger partial charge >= 0.3 is 5.97 Å². The summed E-state index contributed by atoms with van der Waals surface area (Å²) >= 11 is 2.18. The molecule has 2 aromatic rings. The number of likely N-dealkylation sites (N-methyl/N-ethyl adjacent to an activating group) is 1. The molecule has 10 heteroatoms. The Morgan fingerprint density at radius 3 is 2.58 bits per heavy atom. The van der Waals surface area contributed by atoms with Crippen LogP contribution in [0.2, 0.25) is 0 Å². The fourth-order valence-electron chi connectivity index (χ4n) is 4.33. The molecule has 192 valence electrons. The summed E-state index contributed by atoms with van der Waals surface area (Å²) in [7, 11) is 5.85. The molecule has 1 aliphatic heterocycles. The van der Waals surface area contributed by atoms with Gasteiger partial charge in [0.25, 0.3) is 11.5 Å². The van der Waals surface area contributed by atoms with Gasteiger partial charge in [0.2, 0.25) is 0 Å². The van der Waals surface area contributed by atoms with Crippen molar-refractivity contribution in [3.63, 3.8) is 0 Å². The van der Waals surface area contributed by atoms with Crippen LogP contribution >= 0.6 is 22.6 Å². The molecule has 0 unspecified atom stereocenters. The zero-order valence-corrected chi connectivity index (χ0v) is 22.9. The largest absolute Gasteiger partial charge is 0.478 e. The van der Waals surface area contributed by atoms with Crippen molar-refractivity contribution in [3.8, 4) is 0 Å². The zero-order chi connectivity index (χ0) is 26.4. The molecule has 1 amide bonds. The molecule has 1 aromatic heterocycles. The summed E-state index contributed by atoms with van der Waals surface area (Å²) in [5.74, 6) is -1.69. The summed E-state index contributed by atoms with van der Waals surface area (Å²) in [6, 6.07) is 5.68. The molecule has 0 saturated carbocycles. The molecule has 3 rings (SSSR count). The lowest BCUT2D eigenvalue weighted by Crippen LogP contribution is -2.42. The molecule has 2 heterocycles.